The molecule has 0 aromatic rings. The van der Waals surface area contributed by atoms with Crippen LogP contribution in [0.1, 0.15) is 6.92 Å². The highest BCUT2D eigenvalue weighted by Crippen LogP contribution is 1.81. The molecular weight excluding hydrogens is 420 g/mol. The van der Waals surface area contributed by atoms with Gasteiger partial charge in [0.1, 0.15) is 0 Å². The third-order valence-corrected chi connectivity index (χ3v) is 1.24. The van der Waals surface area contributed by atoms with Crippen molar-refractivity contribution in [3.8, 4) is 0 Å². The van der Waals surface area contributed by atoms with Crippen molar-refractivity contribution in [1.29, 1.82) is 0 Å². The lowest BCUT2D eigenvalue weighted by atomic mass is 10.4. The van der Waals surface area contributed by atoms with Crippen molar-refractivity contribution in [2.75, 3.05) is 0 Å². The normalized spacial score (nSPS) is 6.61. The van der Waals surface area contributed by atoms with E-state index >= 15 is 0 Å². The van der Waals surface area contributed by atoms with Gasteiger partial charge in [-0.1, -0.05) is 39.5 Å². The van der Waals surface area contributed by atoms with E-state index in [1.807, 2.05) is 0 Å². The minimum absolute atomic E-state index is 0.176. The number of rotatable bonds is 6. The van der Waals surface area contributed by atoms with Crippen molar-refractivity contribution < 1.29 is 59.4 Å². The lowest BCUT2D eigenvalue weighted by molar-refractivity contribution is -0.133. The van der Waals surface area contributed by atoms with E-state index in [2.05, 4.69) is 39.5 Å². The molecule has 0 bridgehead atoms. The summed E-state index contributed by atoms with van der Waals surface area (Å²) in [6.45, 7) is 19.4. The molecule has 6 N–H and O–H groups in total. The van der Waals surface area contributed by atoms with Gasteiger partial charge in [0.25, 0.3) is 0 Å². The van der Waals surface area contributed by atoms with Crippen LogP contribution in [0.3, 0.4) is 0 Å². The summed E-state index contributed by atoms with van der Waals surface area (Å²) >= 11 is 0. The topological polar surface area (TPSA) is 224 Å². The molecule has 0 aromatic heterocycles. The molecule has 0 saturated heterocycles. The van der Waals surface area contributed by atoms with E-state index in [-0.39, 0.29) is 5.57 Å². The van der Waals surface area contributed by atoms with Gasteiger partial charge in [0.05, 0.1) is 0 Å². The molecule has 0 spiro atoms. The molecule has 0 aromatic carbocycles. The van der Waals surface area contributed by atoms with E-state index in [9.17, 15) is 28.8 Å². The van der Waals surface area contributed by atoms with Crippen molar-refractivity contribution in [1.82, 2.24) is 0 Å². The Balaban J connectivity index is -0.0000000606. The molecule has 31 heavy (non-hydrogen) atoms. The summed E-state index contributed by atoms with van der Waals surface area (Å²) in [6, 6.07) is 0. The Morgan fingerprint density at radius 2 is 0.548 bits per heavy atom. The van der Waals surface area contributed by atoms with E-state index in [0.29, 0.717) is 0 Å². The molecule has 0 rings (SSSR count). The number of hydrogen-bond acceptors (Lipinski definition) is 6. The standard InChI is InChI=1S/C4H6O2.5C3H4O2/c1-3(2)4(5)6;5*1-2-3(4)5/h1H2,2H3,(H,5,6);5*2H,1H2,(H,4,5). The smallest absolute Gasteiger partial charge is 0.330 e. The van der Waals surface area contributed by atoms with Crippen molar-refractivity contribution in [3.05, 3.63) is 75.4 Å². The summed E-state index contributed by atoms with van der Waals surface area (Å²) in [5.74, 6) is -5.84. The fraction of sp³-hybridized carbons (Fsp3) is 0.0526. The third-order valence-electron chi connectivity index (χ3n) is 1.24. The fourth-order valence-corrected chi connectivity index (χ4v) is 0. The second kappa shape index (κ2) is 32.9. The van der Waals surface area contributed by atoms with Crippen LogP contribution in [0.4, 0.5) is 0 Å². The van der Waals surface area contributed by atoms with Crippen LogP contribution in [-0.2, 0) is 28.8 Å². The molecular formula is C19H26O12. The van der Waals surface area contributed by atoms with Crippen LogP contribution in [0.2, 0.25) is 0 Å². The maximum Gasteiger partial charge on any atom is 0.330 e. The van der Waals surface area contributed by atoms with E-state index in [1.165, 1.54) is 6.92 Å². The van der Waals surface area contributed by atoms with Crippen LogP contribution in [0.25, 0.3) is 0 Å². The molecule has 12 nitrogen and oxygen atoms in total. The summed E-state index contributed by atoms with van der Waals surface area (Å²) in [6.07, 6.45) is 4.17. The molecule has 0 unspecified atom stereocenters. The van der Waals surface area contributed by atoms with Crippen LogP contribution < -0.4 is 0 Å². The van der Waals surface area contributed by atoms with Gasteiger partial charge in [0.2, 0.25) is 0 Å². The number of carboxylic acids is 6. The second-order valence-corrected chi connectivity index (χ2v) is 3.80. The van der Waals surface area contributed by atoms with Gasteiger partial charge in [-0.2, -0.15) is 0 Å². The van der Waals surface area contributed by atoms with E-state index < -0.39 is 35.8 Å². The monoisotopic (exact) mass is 446 g/mol. The number of carbonyl (C=O) groups is 6. The molecule has 0 aliphatic carbocycles. The van der Waals surface area contributed by atoms with Gasteiger partial charge in [-0.3, -0.25) is 0 Å². The lowest BCUT2D eigenvalue weighted by Gasteiger charge is -1.79. The molecule has 0 heterocycles. The van der Waals surface area contributed by atoms with Gasteiger partial charge in [0.15, 0.2) is 0 Å². The summed E-state index contributed by atoms with van der Waals surface area (Å²) in [5.41, 5.74) is 0.176. The molecule has 0 atom stereocenters. The van der Waals surface area contributed by atoms with Crippen molar-refractivity contribution in [2.45, 2.75) is 6.92 Å². The van der Waals surface area contributed by atoms with Crippen molar-refractivity contribution in [3.63, 3.8) is 0 Å². The average Bonchev–Trinajstić information content (AvgIpc) is 2.69. The van der Waals surface area contributed by atoms with Gasteiger partial charge in [-0.25, -0.2) is 28.8 Å². The molecule has 0 fully saturated rings. The summed E-state index contributed by atoms with van der Waals surface area (Å²) < 4.78 is 0. The summed E-state index contributed by atoms with van der Waals surface area (Å²) in [7, 11) is 0. The highest BCUT2D eigenvalue weighted by Gasteiger charge is 1.90. The third kappa shape index (κ3) is 159. The lowest BCUT2D eigenvalue weighted by Crippen LogP contribution is -1.92. The van der Waals surface area contributed by atoms with E-state index in [0.717, 1.165) is 30.4 Å². The predicted molar refractivity (Wildman–Crippen MR) is 112 cm³/mol. The Bertz CT molecular complexity index is 540. The Kier molecular flexibility index (Phi) is 43.3. The summed E-state index contributed by atoms with van der Waals surface area (Å²) in [5, 5.41) is 45.9. The molecule has 0 saturated carbocycles. The second-order valence-electron chi connectivity index (χ2n) is 3.80. The average molecular weight is 446 g/mol. The SMILES string of the molecule is C=C(C)C(=O)O.C=CC(=O)O.C=CC(=O)O.C=CC(=O)O.C=CC(=O)O.C=CC(=O)O. The molecule has 0 amide bonds. The van der Waals surface area contributed by atoms with Crippen LogP contribution >= 0.6 is 0 Å². The Morgan fingerprint density at radius 3 is 0.548 bits per heavy atom. The first-order valence-corrected chi connectivity index (χ1v) is 7.15. The molecule has 174 valence electrons. The van der Waals surface area contributed by atoms with E-state index in [1.54, 1.807) is 0 Å². The number of hydrogen-bond donors (Lipinski definition) is 6. The van der Waals surface area contributed by atoms with Crippen LogP contribution in [-0.4, -0.2) is 66.5 Å². The molecule has 12 heteroatoms. The largest absolute Gasteiger partial charge is 0.478 e. The fourth-order valence-electron chi connectivity index (χ4n) is 0. The highest BCUT2D eigenvalue weighted by molar-refractivity contribution is 5.84. The van der Waals surface area contributed by atoms with Crippen molar-refractivity contribution in [2.24, 2.45) is 0 Å². The zero-order valence-electron chi connectivity index (χ0n) is 16.8. The Hall–Kier alpha value is -4.74. The van der Waals surface area contributed by atoms with Gasteiger partial charge < -0.3 is 30.6 Å². The van der Waals surface area contributed by atoms with Crippen LogP contribution in [0, 0.1) is 0 Å². The van der Waals surface area contributed by atoms with Crippen LogP contribution in [0.15, 0.2) is 75.4 Å². The van der Waals surface area contributed by atoms with Crippen LogP contribution in [0.5, 0.6) is 0 Å². The van der Waals surface area contributed by atoms with E-state index in [4.69, 9.17) is 30.6 Å². The minimum Gasteiger partial charge on any atom is -0.478 e. The molecule has 0 aliphatic heterocycles. The Labute approximate surface area is 178 Å². The zero-order valence-corrected chi connectivity index (χ0v) is 16.8. The first-order chi connectivity index (χ1) is 14.0. The maximum absolute atomic E-state index is 9.60. The van der Waals surface area contributed by atoms with Crippen molar-refractivity contribution >= 4 is 35.8 Å². The summed E-state index contributed by atoms with van der Waals surface area (Å²) in [4.78, 5) is 55.8. The quantitative estimate of drug-likeness (QED) is 0.322. The van der Waals surface area contributed by atoms with Gasteiger partial charge in [-0.05, 0) is 6.92 Å². The minimum atomic E-state index is -0.981. The first-order valence-electron chi connectivity index (χ1n) is 7.15. The highest BCUT2D eigenvalue weighted by atomic mass is 16.4. The van der Waals surface area contributed by atoms with Gasteiger partial charge >= 0.3 is 35.8 Å². The van der Waals surface area contributed by atoms with Gasteiger partial charge in [0, 0.05) is 36.0 Å². The Morgan fingerprint density at radius 1 is 0.484 bits per heavy atom. The predicted octanol–water partition coefficient (Wildman–Crippen LogP) is 1.93. The number of carboxylic acid groups (broad SMARTS) is 6. The molecule has 0 aliphatic rings. The number of aliphatic carboxylic acids is 6. The van der Waals surface area contributed by atoms with Gasteiger partial charge in [-0.15, -0.1) is 0 Å². The first kappa shape index (κ1) is 40.8. The zero-order chi connectivity index (χ0) is 26.6. The molecule has 0 radical (unpaired) electrons. The maximum atomic E-state index is 9.60.